The first-order valence-corrected chi connectivity index (χ1v) is 8.91. The monoisotopic (exact) mass is 466 g/mol. The first-order valence-electron chi connectivity index (χ1n) is 8.15. The van der Waals surface area contributed by atoms with Gasteiger partial charge >= 0.3 is 37.7 Å². The van der Waals surface area contributed by atoms with E-state index in [0.29, 0.717) is 21.5 Å². The minimum Gasteiger partial charge on any atom is -0.546 e. The third-order valence-corrected chi connectivity index (χ3v) is 3.86. The van der Waals surface area contributed by atoms with Gasteiger partial charge < -0.3 is 29.3 Å². The van der Waals surface area contributed by atoms with Crippen LogP contribution in [0, 0.1) is 0 Å². The Kier molecular flexibility index (Phi) is 11.4. The first kappa shape index (κ1) is 27.8. The Morgan fingerprint density at radius 1 is 0.690 bits per heavy atom. The number of benzene rings is 2. The second-order valence-corrected chi connectivity index (χ2v) is 7.58. The van der Waals surface area contributed by atoms with Crippen LogP contribution in [0.2, 0.25) is 10.0 Å². The van der Waals surface area contributed by atoms with Crippen LogP contribution in [0.25, 0.3) is 0 Å². The van der Waals surface area contributed by atoms with E-state index in [4.69, 9.17) is 32.7 Å². The number of hydrogen-bond donors (Lipinski definition) is 0. The molecule has 2 rings (SSSR count). The van der Waals surface area contributed by atoms with Crippen LogP contribution in [-0.2, 0) is 9.59 Å². The van der Waals surface area contributed by atoms with Gasteiger partial charge in [0.25, 0.3) is 0 Å². The molecule has 0 spiro atoms. The zero-order valence-corrected chi connectivity index (χ0v) is 20.3. The van der Waals surface area contributed by atoms with Crippen molar-refractivity contribution in [2.75, 3.05) is 0 Å². The molecule has 152 valence electrons. The molecule has 0 aliphatic heterocycles. The number of ether oxygens (including phenoxy) is 2. The molecule has 9 heteroatoms. The third-order valence-electron chi connectivity index (χ3n) is 3.36. The summed E-state index contributed by atoms with van der Waals surface area (Å²) in [4.78, 5) is 21.3. The quantitative estimate of drug-likeness (QED) is 0.604. The van der Waals surface area contributed by atoms with Crippen molar-refractivity contribution in [3.05, 3.63) is 58.6 Å². The van der Waals surface area contributed by atoms with Crippen molar-refractivity contribution in [3.8, 4) is 11.5 Å². The number of aliphatic carboxylic acids is 2. The summed E-state index contributed by atoms with van der Waals surface area (Å²) in [7, 11) is 0. The van der Waals surface area contributed by atoms with E-state index in [1.54, 1.807) is 48.5 Å². The minimum atomic E-state index is -1.34. The molecule has 0 aliphatic rings. The molecule has 0 atom stereocenters. The molecular weight excluding hydrogens is 447 g/mol. The third kappa shape index (κ3) is 9.92. The fraction of sp³-hybridized carbons (Fsp3) is 0.300. The Labute approximate surface area is 209 Å². The summed E-state index contributed by atoms with van der Waals surface area (Å²) in [5.74, 6) is -1.62. The largest absolute Gasteiger partial charge is 2.00 e. The van der Waals surface area contributed by atoms with Gasteiger partial charge in [0.15, 0.2) is 0 Å². The number of carboxylic acid groups (broad SMARTS) is 2. The van der Waals surface area contributed by atoms with Crippen molar-refractivity contribution >= 4 is 72.9 Å². The van der Waals surface area contributed by atoms with Crippen LogP contribution in [0.3, 0.4) is 0 Å². The molecule has 0 saturated heterocycles. The smallest absolute Gasteiger partial charge is 0.546 e. The van der Waals surface area contributed by atoms with Crippen LogP contribution in [0.1, 0.15) is 27.7 Å². The van der Waals surface area contributed by atoms with E-state index in [9.17, 15) is 19.8 Å². The molecule has 2 aromatic carbocycles. The summed E-state index contributed by atoms with van der Waals surface area (Å²) in [5.41, 5.74) is -2.68. The van der Waals surface area contributed by atoms with Gasteiger partial charge in [-0.1, -0.05) is 23.2 Å². The second kappa shape index (κ2) is 11.9. The van der Waals surface area contributed by atoms with Crippen LogP contribution >= 0.6 is 23.2 Å². The zero-order chi connectivity index (χ0) is 21.5. The predicted molar refractivity (Wildman–Crippen MR) is 108 cm³/mol. The molecule has 0 bridgehead atoms. The average molecular weight is 467 g/mol. The Morgan fingerprint density at radius 2 is 0.931 bits per heavy atom. The average Bonchev–Trinajstić information content (AvgIpc) is 2.59. The van der Waals surface area contributed by atoms with E-state index in [2.05, 4.69) is 0 Å². The Bertz CT molecular complexity index is 735. The summed E-state index contributed by atoms with van der Waals surface area (Å²) >= 11 is 11.3. The van der Waals surface area contributed by atoms with Crippen molar-refractivity contribution < 1.29 is 29.3 Å². The van der Waals surface area contributed by atoms with Crippen LogP contribution in [0.5, 0.6) is 11.5 Å². The Morgan fingerprint density at radius 3 is 1.14 bits per heavy atom. The summed E-state index contributed by atoms with van der Waals surface area (Å²) in [6.45, 7) is 5.71. The van der Waals surface area contributed by atoms with Crippen molar-refractivity contribution in [1.29, 1.82) is 0 Å². The number of halogens is 2. The molecule has 0 aromatic heterocycles. The Hall–Kier alpha value is -1.18. The van der Waals surface area contributed by atoms with Gasteiger partial charge in [-0.05, 0) is 76.2 Å². The first-order chi connectivity index (χ1) is 12.8. The molecule has 0 amide bonds. The van der Waals surface area contributed by atoms with Crippen molar-refractivity contribution in [3.63, 3.8) is 0 Å². The van der Waals surface area contributed by atoms with Crippen molar-refractivity contribution in [2.45, 2.75) is 38.9 Å². The van der Waals surface area contributed by atoms with Gasteiger partial charge in [0.1, 0.15) is 22.7 Å². The van der Waals surface area contributed by atoms with E-state index in [-0.39, 0.29) is 37.7 Å². The SMILES string of the molecule is CC(C)(Oc1ccc(Cl)cc1)C(=O)[O-].CC(C)(Oc1ccc(Cl)cc1)C(=O)[O-].[Ca+2]. The van der Waals surface area contributed by atoms with Gasteiger partial charge in [-0.3, -0.25) is 0 Å². The van der Waals surface area contributed by atoms with Crippen LogP contribution in [0.4, 0.5) is 0 Å². The molecule has 6 nitrogen and oxygen atoms in total. The number of carbonyl (C=O) groups excluding carboxylic acids is 2. The fourth-order valence-electron chi connectivity index (χ4n) is 1.68. The van der Waals surface area contributed by atoms with E-state index >= 15 is 0 Å². The molecule has 29 heavy (non-hydrogen) atoms. The van der Waals surface area contributed by atoms with Gasteiger partial charge in [-0.25, -0.2) is 0 Å². The molecule has 0 aliphatic carbocycles. The van der Waals surface area contributed by atoms with Gasteiger partial charge in [0.05, 0.1) is 11.9 Å². The molecule has 0 fully saturated rings. The molecule has 0 saturated carbocycles. The predicted octanol–water partition coefficient (Wildman–Crippen LogP) is 2.11. The Balaban J connectivity index is 0.000000523. The maximum atomic E-state index is 10.6. The van der Waals surface area contributed by atoms with Gasteiger partial charge in [0, 0.05) is 10.0 Å². The van der Waals surface area contributed by atoms with Crippen molar-refractivity contribution in [1.82, 2.24) is 0 Å². The topological polar surface area (TPSA) is 98.7 Å². The zero-order valence-electron chi connectivity index (χ0n) is 16.5. The van der Waals surface area contributed by atoms with Crippen LogP contribution in [-0.4, -0.2) is 60.9 Å². The van der Waals surface area contributed by atoms with E-state index in [0.717, 1.165) is 0 Å². The second-order valence-electron chi connectivity index (χ2n) is 6.71. The maximum Gasteiger partial charge on any atom is 2.00 e. The fourth-order valence-corrected chi connectivity index (χ4v) is 1.93. The van der Waals surface area contributed by atoms with Crippen molar-refractivity contribution in [2.24, 2.45) is 0 Å². The molecule has 0 N–H and O–H groups in total. The number of carboxylic acids is 2. The normalized spacial score (nSPS) is 10.7. The molecule has 0 radical (unpaired) electrons. The summed E-state index contributed by atoms with van der Waals surface area (Å²) in [6.07, 6.45) is 0. The van der Waals surface area contributed by atoms with Gasteiger partial charge in [0.2, 0.25) is 0 Å². The summed E-state index contributed by atoms with van der Waals surface area (Å²) in [6, 6.07) is 12.9. The number of carbonyl (C=O) groups is 2. The maximum absolute atomic E-state index is 10.6. The van der Waals surface area contributed by atoms with Gasteiger partial charge in [-0.15, -0.1) is 0 Å². The van der Waals surface area contributed by atoms with Crippen LogP contribution in [0.15, 0.2) is 48.5 Å². The minimum absolute atomic E-state index is 0. The number of hydrogen-bond acceptors (Lipinski definition) is 6. The van der Waals surface area contributed by atoms with E-state index in [1.807, 2.05) is 0 Å². The molecule has 2 aromatic rings. The van der Waals surface area contributed by atoms with E-state index < -0.39 is 23.1 Å². The summed E-state index contributed by atoms with van der Waals surface area (Å²) < 4.78 is 10.4. The molecule has 0 unspecified atom stereocenters. The van der Waals surface area contributed by atoms with E-state index in [1.165, 1.54) is 27.7 Å². The molecule has 0 heterocycles. The summed E-state index contributed by atoms with van der Waals surface area (Å²) in [5, 5.41) is 22.4. The standard InChI is InChI=1S/2C10H11ClO3.Ca/c2*1-10(2,9(12)13)14-8-5-3-7(11)4-6-8;/h2*3-6H,1-2H3,(H,12,13);/q;;+2/p-2. The molecular formula is C20H20CaCl2O6. The van der Waals surface area contributed by atoms with Crippen LogP contribution < -0.4 is 19.7 Å². The van der Waals surface area contributed by atoms with Gasteiger partial charge in [-0.2, -0.15) is 0 Å². The number of rotatable bonds is 6.